The third-order valence-electron chi connectivity index (χ3n) is 6.03. The van der Waals surface area contributed by atoms with E-state index in [-0.39, 0.29) is 5.54 Å². The third kappa shape index (κ3) is 3.74. The second-order valence-electron chi connectivity index (χ2n) is 8.17. The summed E-state index contributed by atoms with van der Waals surface area (Å²) >= 11 is 12.0. The van der Waals surface area contributed by atoms with Crippen LogP contribution in [0.3, 0.4) is 0 Å². The minimum Gasteiger partial charge on any atom is -0.378 e. The van der Waals surface area contributed by atoms with Crippen molar-refractivity contribution in [2.24, 2.45) is 4.99 Å². The molecule has 0 aromatic heterocycles. The molecule has 0 atom stereocenters. The lowest BCUT2D eigenvalue weighted by atomic mass is 9.79. The first kappa shape index (κ1) is 20.2. The molecule has 1 N–H and O–H groups in total. The molecule has 0 bridgehead atoms. The van der Waals surface area contributed by atoms with Crippen molar-refractivity contribution in [2.45, 2.75) is 44.6 Å². The highest BCUT2D eigenvalue weighted by molar-refractivity contribution is 7.80. The minimum atomic E-state index is -0.219. The van der Waals surface area contributed by atoms with E-state index in [1.807, 2.05) is 18.2 Å². The van der Waals surface area contributed by atoms with Crippen LogP contribution in [0.25, 0.3) is 0 Å². The summed E-state index contributed by atoms with van der Waals surface area (Å²) in [7, 11) is 4.10. The van der Waals surface area contributed by atoms with Gasteiger partial charge in [-0.25, -0.2) is 4.99 Å². The van der Waals surface area contributed by atoms with Crippen molar-refractivity contribution in [2.75, 3.05) is 29.2 Å². The zero-order valence-corrected chi connectivity index (χ0v) is 18.8. The number of nitrogens with one attached hydrogen (secondary N) is 1. The van der Waals surface area contributed by atoms with E-state index in [0.29, 0.717) is 10.1 Å². The van der Waals surface area contributed by atoms with E-state index in [2.05, 4.69) is 60.4 Å². The fraction of sp³-hybridized carbons (Fsp3) is 0.391. The van der Waals surface area contributed by atoms with Crippen LogP contribution in [0.2, 0.25) is 5.02 Å². The number of hydrogen-bond donors (Lipinski definition) is 1. The van der Waals surface area contributed by atoms with Crippen molar-refractivity contribution < 1.29 is 0 Å². The number of hydrogen-bond acceptors (Lipinski definition) is 3. The van der Waals surface area contributed by atoms with Crippen LogP contribution in [0.5, 0.6) is 0 Å². The molecule has 4 rings (SSSR count). The molecule has 6 heteroatoms. The molecule has 2 aromatic carbocycles. The van der Waals surface area contributed by atoms with E-state index in [1.165, 1.54) is 24.9 Å². The Morgan fingerprint density at radius 1 is 1.07 bits per heavy atom. The summed E-state index contributed by atoms with van der Waals surface area (Å²) in [6.07, 6.45) is 5.67. The molecule has 1 spiro atoms. The highest BCUT2D eigenvalue weighted by Crippen LogP contribution is 2.42. The second-order valence-corrected chi connectivity index (χ2v) is 8.97. The molecule has 2 aromatic rings. The summed E-state index contributed by atoms with van der Waals surface area (Å²) in [4.78, 5) is 9.23. The van der Waals surface area contributed by atoms with Crippen LogP contribution in [0.1, 0.15) is 37.7 Å². The molecular formula is C23H27ClN4S. The van der Waals surface area contributed by atoms with Crippen LogP contribution in [0.4, 0.5) is 17.1 Å². The third-order valence-corrected chi connectivity index (χ3v) is 6.53. The molecule has 0 radical (unpaired) electrons. The van der Waals surface area contributed by atoms with Crippen molar-refractivity contribution in [3.8, 4) is 0 Å². The number of aliphatic imine (C=N–C) groups is 1. The number of nitrogens with zero attached hydrogens (tertiary/aromatic N) is 3. The standard InChI is InChI=1S/C23H27ClN4S/c1-16-7-8-17(24)15-20(16)25-21-23(13-5-4-6-14-23)28(22(29)26-21)19-11-9-18(10-12-19)27(2)3/h7-12,15H,4-6,13-14H2,1-3H3,(H,25,26,29). The predicted molar refractivity (Wildman–Crippen MR) is 129 cm³/mol. The van der Waals surface area contributed by atoms with Gasteiger partial charge in [0, 0.05) is 36.2 Å². The lowest BCUT2D eigenvalue weighted by Crippen LogP contribution is -2.55. The van der Waals surface area contributed by atoms with Crippen molar-refractivity contribution >= 4 is 51.8 Å². The fourth-order valence-electron chi connectivity index (χ4n) is 4.39. The molecule has 1 aliphatic heterocycles. The topological polar surface area (TPSA) is 30.9 Å². The number of aryl methyl sites for hydroxylation is 1. The summed E-state index contributed by atoms with van der Waals surface area (Å²) in [5.74, 6) is 0.948. The molecule has 2 aliphatic rings. The maximum Gasteiger partial charge on any atom is 0.202 e. The van der Waals surface area contributed by atoms with Gasteiger partial charge in [-0.3, -0.25) is 0 Å². The average molecular weight is 427 g/mol. The number of halogens is 1. The first-order valence-electron chi connectivity index (χ1n) is 10.1. The van der Waals surface area contributed by atoms with Crippen LogP contribution in [0, 0.1) is 6.92 Å². The first-order valence-corrected chi connectivity index (χ1v) is 10.9. The largest absolute Gasteiger partial charge is 0.378 e. The normalized spacial score (nSPS) is 18.1. The van der Waals surface area contributed by atoms with Crippen LogP contribution in [-0.2, 0) is 0 Å². The maximum absolute atomic E-state index is 6.25. The molecule has 1 fully saturated rings. The van der Waals surface area contributed by atoms with Gasteiger partial charge < -0.3 is 15.1 Å². The number of anilines is 3. The average Bonchev–Trinajstić information content (AvgIpc) is 2.96. The van der Waals surface area contributed by atoms with Gasteiger partial charge in [-0.1, -0.05) is 36.9 Å². The van der Waals surface area contributed by atoms with E-state index in [4.69, 9.17) is 28.8 Å². The quantitative estimate of drug-likeness (QED) is 0.607. The summed E-state index contributed by atoms with van der Waals surface area (Å²) in [5.41, 5.74) is 4.19. The van der Waals surface area contributed by atoms with Crippen LogP contribution in [0.15, 0.2) is 47.5 Å². The van der Waals surface area contributed by atoms with Gasteiger partial charge in [0.15, 0.2) is 0 Å². The van der Waals surface area contributed by atoms with E-state index in [0.717, 1.165) is 35.6 Å². The second kappa shape index (κ2) is 7.96. The molecule has 0 unspecified atom stereocenters. The summed E-state index contributed by atoms with van der Waals surface area (Å²) in [5, 5.41) is 4.95. The van der Waals surface area contributed by atoms with Crippen LogP contribution in [-0.4, -0.2) is 30.6 Å². The summed E-state index contributed by atoms with van der Waals surface area (Å²) in [6, 6.07) is 14.5. The highest BCUT2D eigenvalue weighted by atomic mass is 35.5. The smallest absolute Gasteiger partial charge is 0.202 e. The molecule has 1 heterocycles. The van der Waals surface area contributed by atoms with E-state index < -0.39 is 0 Å². The van der Waals surface area contributed by atoms with Crippen molar-refractivity contribution in [1.29, 1.82) is 0 Å². The van der Waals surface area contributed by atoms with Gasteiger partial charge in [-0.2, -0.15) is 0 Å². The van der Waals surface area contributed by atoms with E-state index in [1.54, 1.807) is 0 Å². The molecule has 152 valence electrons. The SMILES string of the molecule is Cc1ccc(Cl)cc1NC1=NC(=S)N(c2ccc(N(C)C)cc2)C12CCCCC2. The highest BCUT2D eigenvalue weighted by Gasteiger charge is 2.49. The Balaban J connectivity index is 1.72. The zero-order valence-electron chi connectivity index (χ0n) is 17.2. The van der Waals surface area contributed by atoms with Crippen molar-refractivity contribution in [3.63, 3.8) is 0 Å². The summed E-state index contributed by atoms with van der Waals surface area (Å²) in [6.45, 7) is 2.08. The Bertz CT molecular complexity index is 946. The van der Waals surface area contributed by atoms with Crippen LogP contribution >= 0.6 is 23.8 Å². The predicted octanol–water partition coefficient (Wildman–Crippen LogP) is 6.03. The Hall–Kier alpha value is -2.11. The first-order chi connectivity index (χ1) is 13.9. The fourth-order valence-corrected chi connectivity index (χ4v) is 4.94. The molecule has 1 aliphatic carbocycles. The molecule has 0 saturated heterocycles. The molecule has 0 amide bonds. The van der Waals surface area contributed by atoms with E-state index >= 15 is 0 Å². The van der Waals surface area contributed by atoms with Gasteiger partial charge >= 0.3 is 0 Å². The molecule has 4 nitrogen and oxygen atoms in total. The lowest BCUT2D eigenvalue weighted by Gasteiger charge is -2.43. The molecule has 1 saturated carbocycles. The Morgan fingerprint density at radius 2 is 1.76 bits per heavy atom. The number of thiocarbonyl (C=S) groups is 1. The monoisotopic (exact) mass is 426 g/mol. The minimum absolute atomic E-state index is 0.219. The van der Waals surface area contributed by atoms with Crippen molar-refractivity contribution in [3.05, 3.63) is 53.1 Å². The number of rotatable bonds is 3. The van der Waals surface area contributed by atoms with Crippen molar-refractivity contribution in [1.82, 2.24) is 0 Å². The molecule has 29 heavy (non-hydrogen) atoms. The van der Waals surface area contributed by atoms with Gasteiger partial charge in [0.05, 0.1) is 0 Å². The number of amidine groups is 1. The zero-order chi connectivity index (χ0) is 20.6. The van der Waals surface area contributed by atoms with Gasteiger partial charge in [-0.15, -0.1) is 0 Å². The van der Waals surface area contributed by atoms with Gasteiger partial charge in [0.1, 0.15) is 11.4 Å². The summed E-state index contributed by atoms with van der Waals surface area (Å²) < 4.78 is 0. The Kier molecular flexibility index (Phi) is 5.54. The van der Waals surface area contributed by atoms with Crippen LogP contribution < -0.4 is 15.1 Å². The van der Waals surface area contributed by atoms with Gasteiger partial charge in [-0.05, 0) is 73.9 Å². The Morgan fingerprint density at radius 3 is 2.41 bits per heavy atom. The van der Waals surface area contributed by atoms with E-state index in [9.17, 15) is 0 Å². The lowest BCUT2D eigenvalue weighted by molar-refractivity contribution is 0.386. The molecular weight excluding hydrogens is 400 g/mol. The van der Waals surface area contributed by atoms with Gasteiger partial charge in [0.25, 0.3) is 0 Å². The Labute approximate surface area is 183 Å². The number of benzene rings is 2. The van der Waals surface area contributed by atoms with Gasteiger partial charge in [0.2, 0.25) is 5.11 Å². The maximum atomic E-state index is 6.25.